The van der Waals surface area contributed by atoms with Crippen molar-refractivity contribution in [2.75, 3.05) is 21.2 Å². The Bertz CT molecular complexity index is 1660. The second-order valence-corrected chi connectivity index (χ2v) is 16.8. The molecule has 3 aliphatic heterocycles. The quantitative estimate of drug-likeness (QED) is 0.145. The molecule has 18 nitrogen and oxygen atoms in total. The van der Waals surface area contributed by atoms with E-state index in [4.69, 9.17) is 47.4 Å². The zero-order valence-corrected chi connectivity index (χ0v) is 38.8. The Kier molecular flexibility index (Phi) is 20.9. The lowest BCUT2D eigenvalue weighted by Gasteiger charge is -2.50. The molecular weight excluding hydrogens is 826 g/mol. The fraction of sp³-hybridized carbons (Fsp3) is 0.733. The second kappa shape index (κ2) is 24.8. The standard InChI is InChI=1S/C45H69NO17/c1-13-34(50)59-33-23-36(52)55-26(4)18-16-15-17-19-32(58-29(7)48)25(3)22-31(20-21-47)41(42(33)54-12)62-44-39(53)38(46(10)11)40(27(5)57-44)61-37-24-45(9,63-30(8)49)43(28(6)56-37)60-35(51)14-2/h15-17,19,21,25-28,31-32,37-41,43-44,53H,13-14,18,20,22-24H2,1-12H3/b16-15+,19-17+,42-33+/t25-,26-,27+,28+,31+,32+,37-,38-,39+,40-,41+,43+,44+,45-/m1/s1. The van der Waals surface area contributed by atoms with Crippen LogP contribution in [-0.2, 0) is 76.1 Å². The zero-order valence-electron chi connectivity index (χ0n) is 38.8. The lowest BCUT2D eigenvalue weighted by molar-refractivity contribution is -0.339. The molecule has 3 rings (SSSR count). The number of carbonyl (C=O) groups excluding carboxylic acids is 6. The minimum atomic E-state index is -1.47. The Morgan fingerprint density at radius 2 is 1.63 bits per heavy atom. The first-order chi connectivity index (χ1) is 29.7. The number of hydrogen-bond donors (Lipinski definition) is 1. The van der Waals surface area contributed by atoms with E-state index >= 15 is 0 Å². The second-order valence-electron chi connectivity index (χ2n) is 16.8. The van der Waals surface area contributed by atoms with Gasteiger partial charge in [0, 0.05) is 46.0 Å². The third-order valence-electron chi connectivity index (χ3n) is 11.2. The third kappa shape index (κ3) is 15.2. The summed E-state index contributed by atoms with van der Waals surface area (Å²) in [6.07, 6.45) is -2.55. The number of esters is 5. The fourth-order valence-electron chi connectivity index (χ4n) is 8.22. The predicted octanol–water partition coefficient (Wildman–Crippen LogP) is 4.38. The van der Waals surface area contributed by atoms with Gasteiger partial charge in [-0.2, -0.15) is 0 Å². The molecule has 2 saturated heterocycles. The Labute approximate surface area is 370 Å². The molecule has 18 heteroatoms. The fourth-order valence-corrected chi connectivity index (χ4v) is 8.22. The largest absolute Gasteiger partial charge is 0.495 e. The van der Waals surface area contributed by atoms with E-state index in [0.29, 0.717) is 12.7 Å². The van der Waals surface area contributed by atoms with Crippen LogP contribution in [0.15, 0.2) is 35.8 Å². The normalized spacial score (nSPS) is 36.9. The van der Waals surface area contributed by atoms with E-state index in [2.05, 4.69) is 0 Å². The van der Waals surface area contributed by atoms with Crippen molar-refractivity contribution in [1.82, 2.24) is 4.90 Å². The molecule has 0 aromatic heterocycles. The topological polar surface area (TPSA) is 218 Å². The number of likely N-dealkylation sites (N-methyl/N-ethyl adjacent to an activating group) is 1. The van der Waals surface area contributed by atoms with Crippen molar-refractivity contribution in [3.05, 3.63) is 35.8 Å². The Balaban J connectivity index is 2.13. The van der Waals surface area contributed by atoms with Crippen LogP contribution >= 0.6 is 0 Å². The molecule has 356 valence electrons. The van der Waals surface area contributed by atoms with Crippen molar-refractivity contribution >= 4 is 36.1 Å². The first kappa shape index (κ1) is 53.1. The summed E-state index contributed by atoms with van der Waals surface area (Å²) >= 11 is 0. The number of hydrogen-bond acceptors (Lipinski definition) is 18. The number of cyclic esters (lactones) is 1. The highest BCUT2D eigenvalue weighted by Gasteiger charge is 2.54. The predicted molar refractivity (Wildman–Crippen MR) is 224 cm³/mol. The highest BCUT2D eigenvalue weighted by Crippen LogP contribution is 2.39. The Hall–Kier alpha value is -4.20. The molecular formula is C45H69NO17. The Morgan fingerprint density at radius 1 is 0.952 bits per heavy atom. The number of aliphatic hydroxyl groups excluding tert-OH is 1. The summed E-state index contributed by atoms with van der Waals surface area (Å²) in [4.78, 5) is 77.5. The van der Waals surface area contributed by atoms with E-state index in [1.165, 1.54) is 21.0 Å². The van der Waals surface area contributed by atoms with Crippen LogP contribution in [0, 0.1) is 11.8 Å². The van der Waals surface area contributed by atoms with Crippen molar-refractivity contribution in [1.29, 1.82) is 0 Å². The highest BCUT2D eigenvalue weighted by molar-refractivity contribution is 5.75. The Morgan fingerprint density at radius 3 is 2.22 bits per heavy atom. The number of ether oxygens (including phenoxy) is 10. The van der Waals surface area contributed by atoms with E-state index in [0.717, 1.165) is 0 Å². The summed E-state index contributed by atoms with van der Waals surface area (Å²) in [6.45, 7) is 14.3. The summed E-state index contributed by atoms with van der Waals surface area (Å²) < 4.78 is 60.3. The number of methoxy groups -OCH3 is 1. The first-order valence-corrected chi connectivity index (χ1v) is 21.6. The van der Waals surface area contributed by atoms with Crippen molar-refractivity contribution in [2.45, 2.75) is 180 Å². The van der Waals surface area contributed by atoms with Crippen molar-refractivity contribution in [3.8, 4) is 0 Å². The number of nitrogens with zero attached hydrogens (tertiary/aromatic N) is 1. The zero-order chi connectivity index (χ0) is 47.2. The summed E-state index contributed by atoms with van der Waals surface area (Å²) in [6, 6.07) is -0.849. The van der Waals surface area contributed by atoms with Crippen LogP contribution in [0.2, 0.25) is 0 Å². The molecule has 63 heavy (non-hydrogen) atoms. The molecule has 2 fully saturated rings. The summed E-state index contributed by atoms with van der Waals surface area (Å²) in [7, 11) is 4.75. The number of aliphatic hydroxyl groups is 1. The minimum Gasteiger partial charge on any atom is -0.495 e. The number of allylic oxidation sites excluding steroid dienone is 2. The maximum absolute atomic E-state index is 13.4. The molecule has 0 aromatic rings. The molecule has 0 aliphatic carbocycles. The van der Waals surface area contributed by atoms with Crippen molar-refractivity contribution in [2.24, 2.45) is 11.8 Å². The molecule has 0 unspecified atom stereocenters. The molecule has 1 N–H and O–H groups in total. The van der Waals surface area contributed by atoms with E-state index < -0.39 is 121 Å². The number of rotatable bonds is 14. The van der Waals surface area contributed by atoms with E-state index in [-0.39, 0.29) is 43.6 Å². The van der Waals surface area contributed by atoms with Gasteiger partial charge in [-0.3, -0.25) is 24.0 Å². The highest BCUT2D eigenvalue weighted by atomic mass is 16.7. The van der Waals surface area contributed by atoms with Crippen molar-refractivity contribution < 1.29 is 81.2 Å². The van der Waals surface area contributed by atoms with Crippen LogP contribution in [0.1, 0.15) is 107 Å². The molecule has 0 saturated carbocycles. The van der Waals surface area contributed by atoms with E-state index in [9.17, 15) is 33.9 Å². The van der Waals surface area contributed by atoms with Gasteiger partial charge in [-0.15, -0.1) is 0 Å². The van der Waals surface area contributed by atoms with Crippen LogP contribution in [0.5, 0.6) is 0 Å². The summed E-state index contributed by atoms with van der Waals surface area (Å²) in [5.41, 5.74) is -1.34. The maximum atomic E-state index is 13.4. The average molecular weight is 896 g/mol. The van der Waals surface area contributed by atoms with Gasteiger partial charge in [0.15, 0.2) is 35.8 Å². The van der Waals surface area contributed by atoms with Gasteiger partial charge in [-0.1, -0.05) is 39.0 Å². The first-order valence-electron chi connectivity index (χ1n) is 21.6. The molecule has 0 spiro atoms. The van der Waals surface area contributed by atoms with Crippen LogP contribution in [0.25, 0.3) is 0 Å². The molecule has 0 aromatic carbocycles. The molecule has 0 bridgehead atoms. The van der Waals surface area contributed by atoms with E-state index in [1.54, 1.807) is 84.8 Å². The van der Waals surface area contributed by atoms with Gasteiger partial charge in [0.1, 0.15) is 43.2 Å². The van der Waals surface area contributed by atoms with Gasteiger partial charge in [0.2, 0.25) is 0 Å². The molecule has 0 radical (unpaired) electrons. The van der Waals surface area contributed by atoms with Gasteiger partial charge in [0.25, 0.3) is 0 Å². The summed E-state index contributed by atoms with van der Waals surface area (Å²) in [5, 5.41) is 12.2. The van der Waals surface area contributed by atoms with Gasteiger partial charge >= 0.3 is 29.8 Å². The number of aldehydes is 1. The molecule has 3 heterocycles. The monoisotopic (exact) mass is 895 g/mol. The average Bonchev–Trinajstić information content (AvgIpc) is 3.18. The molecule has 0 amide bonds. The molecule has 3 aliphatic rings. The van der Waals surface area contributed by atoms with E-state index in [1.807, 2.05) is 6.92 Å². The lowest BCUT2D eigenvalue weighted by Crippen LogP contribution is -2.65. The van der Waals surface area contributed by atoms with Crippen LogP contribution in [0.4, 0.5) is 0 Å². The van der Waals surface area contributed by atoms with Crippen LogP contribution < -0.4 is 0 Å². The van der Waals surface area contributed by atoms with Gasteiger partial charge in [0.05, 0.1) is 25.4 Å². The van der Waals surface area contributed by atoms with Crippen LogP contribution in [-0.4, -0.2) is 140 Å². The van der Waals surface area contributed by atoms with Crippen LogP contribution in [0.3, 0.4) is 0 Å². The van der Waals surface area contributed by atoms with Gasteiger partial charge in [-0.25, -0.2) is 0 Å². The van der Waals surface area contributed by atoms with Gasteiger partial charge < -0.3 is 62.2 Å². The SMILES string of the molecule is CCC(=O)O/C1=C(/OC)[C@@H](O[C@@H]2O[C@@H](C)[C@@H](O[C@@H]3C[C@@](C)(OC(C)=O)[C@@H](OC(=O)CC)[C@H](C)O3)[C@H](N(C)C)[C@@H]2O)[C@@H](CC=O)C[C@@H](C)[C@@H](OC(C)=O)/C=C/C=C/C[C@@H](C)OC(=O)C1. The van der Waals surface area contributed by atoms with Crippen molar-refractivity contribution in [3.63, 3.8) is 0 Å². The minimum absolute atomic E-state index is 0.0338. The summed E-state index contributed by atoms with van der Waals surface area (Å²) in [5.74, 6) is -4.62. The maximum Gasteiger partial charge on any atom is 0.313 e. The molecule has 14 atom stereocenters. The van der Waals surface area contributed by atoms with Gasteiger partial charge in [-0.05, 0) is 66.1 Å². The third-order valence-corrected chi connectivity index (χ3v) is 11.2. The smallest absolute Gasteiger partial charge is 0.313 e. The lowest BCUT2D eigenvalue weighted by atomic mass is 9.84. The number of carbonyl (C=O) groups is 6.